The molecule has 0 radical (unpaired) electrons. The van der Waals surface area contributed by atoms with Crippen molar-refractivity contribution in [2.24, 2.45) is 5.73 Å². The quantitative estimate of drug-likeness (QED) is 0.793. The highest BCUT2D eigenvalue weighted by Crippen LogP contribution is 2.09. The fraction of sp³-hybridized carbons (Fsp3) is 0.562. The first-order valence-corrected chi connectivity index (χ1v) is 7.15. The van der Waals surface area contributed by atoms with Crippen LogP contribution in [0, 0.1) is 6.92 Å². The number of rotatable bonds is 7. The van der Waals surface area contributed by atoms with Crippen molar-refractivity contribution in [3.05, 3.63) is 35.4 Å². The molecule has 1 unspecified atom stereocenters. The Hall–Kier alpha value is -1.35. The van der Waals surface area contributed by atoms with E-state index in [-0.39, 0.29) is 18.0 Å². The molecule has 106 valence electrons. The molecule has 2 atom stereocenters. The summed E-state index contributed by atoms with van der Waals surface area (Å²) < 4.78 is 0. The monoisotopic (exact) mass is 262 g/mol. The lowest BCUT2D eigenvalue weighted by molar-refractivity contribution is -0.123. The van der Waals surface area contributed by atoms with Crippen LogP contribution in [0.2, 0.25) is 0 Å². The molecule has 0 fully saturated rings. The second-order valence-corrected chi connectivity index (χ2v) is 5.29. The van der Waals surface area contributed by atoms with Gasteiger partial charge in [0.1, 0.15) is 0 Å². The predicted octanol–water partition coefficient (Wildman–Crippen LogP) is 2.56. The normalized spacial score (nSPS) is 13.9. The van der Waals surface area contributed by atoms with Gasteiger partial charge in [0.25, 0.3) is 0 Å². The number of nitrogens with two attached hydrogens (primary N) is 1. The average molecular weight is 262 g/mol. The average Bonchev–Trinajstić information content (AvgIpc) is 2.38. The molecule has 0 saturated heterocycles. The number of aryl methyl sites for hydroxylation is 1. The number of carbonyl (C=O) groups is 1. The number of benzene rings is 1. The molecule has 1 rings (SSSR count). The smallest absolute Gasteiger partial charge is 0.237 e. The largest absolute Gasteiger partial charge is 0.352 e. The van der Waals surface area contributed by atoms with Crippen LogP contribution >= 0.6 is 0 Å². The third-order valence-corrected chi connectivity index (χ3v) is 3.38. The molecule has 0 saturated carbocycles. The first-order chi connectivity index (χ1) is 9.04. The molecule has 0 bridgehead atoms. The standard InChI is InChI=1S/C16H26N2O/c1-4-5-10-15(17)16(19)18-13(3)11-14-9-7-6-8-12(14)2/h6-9,13,15H,4-5,10-11,17H2,1-3H3,(H,18,19)/t13?,15-/m0/s1. The van der Waals surface area contributed by atoms with Crippen molar-refractivity contribution in [3.8, 4) is 0 Å². The maximum Gasteiger partial charge on any atom is 0.237 e. The Bertz CT molecular complexity index is 403. The number of hydrogen-bond donors (Lipinski definition) is 2. The topological polar surface area (TPSA) is 55.1 Å². The van der Waals surface area contributed by atoms with Crippen LogP contribution in [0.3, 0.4) is 0 Å². The van der Waals surface area contributed by atoms with Gasteiger partial charge in [0.2, 0.25) is 5.91 Å². The van der Waals surface area contributed by atoms with E-state index in [0.29, 0.717) is 0 Å². The molecule has 3 N–H and O–H groups in total. The Labute approximate surface area is 116 Å². The van der Waals surface area contributed by atoms with Gasteiger partial charge in [-0.3, -0.25) is 4.79 Å². The first-order valence-electron chi connectivity index (χ1n) is 7.15. The molecule has 0 heterocycles. The summed E-state index contributed by atoms with van der Waals surface area (Å²) in [6.07, 6.45) is 3.68. The van der Waals surface area contributed by atoms with Gasteiger partial charge in [0.15, 0.2) is 0 Å². The Kier molecular flexibility index (Phi) is 6.57. The van der Waals surface area contributed by atoms with Crippen LogP contribution < -0.4 is 11.1 Å². The zero-order chi connectivity index (χ0) is 14.3. The van der Waals surface area contributed by atoms with E-state index in [2.05, 4.69) is 31.3 Å². The van der Waals surface area contributed by atoms with Crippen LogP contribution in [0.25, 0.3) is 0 Å². The zero-order valence-corrected chi connectivity index (χ0v) is 12.3. The number of amides is 1. The molecule has 0 aliphatic rings. The summed E-state index contributed by atoms with van der Waals surface area (Å²) in [6, 6.07) is 8.00. The second kappa shape index (κ2) is 7.95. The fourth-order valence-electron chi connectivity index (χ4n) is 2.13. The van der Waals surface area contributed by atoms with E-state index >= 15 is 0 Å². The minimum Gasteiger partial charge on any atom is -0.352 e. The summed E-state index contributed by atoms with van der Waals surface area (Å²) in [5, 5.41) is 3.00. The molecule has 3 nitrogen and oxygen atoms in total. The Morgan fingerprint density at radius 2 is 2.05 bits per heavy atom. The minimum absolute atomic E-state index is 0.0328. The van der Waals surface area contributed by atoms with Gasteiger partial charge >= 0.3 is 0 Å². The van der Waals surface area contributed by atoms with Gasteiger partial charge in [-0.15, -0.1) is 0 Å². The van der Waals surface area contributed by atoms with Crippen molar-refractivity contribution in [1.29, 1.82) is 0 Å². The SMILES string of the molecule is CCCC[C@H](N)C(=O)NC(C)Cc1ccccc1C. The molecule has 1 aromatic carbocycles. The van der Waals surface area contributed by atoms with Crippen molar-refractivity contribution >= 4 is 5.91 Å². The molecule has 1 aromatic rings. The summed E-state index contributed by atoms with van der Waals surface area (Å²) in [7, 11) is 0. The molecule has 3 heteroatoms. The molecule has 0 spiro atoms. The van der Waals surface area contributed by atoms with Crippen molar-refractivity contribution in [2.45, 2.75) is 58.5 Å². The highest BCUT2D eigenvalue weighted by molar-refractivity contribution is 5.81. The van der Waals surface area contributed by atoms with Crippen LogP contribution in [0.15, 0.2) is 24.3 Å². The lowest BCUT2D eigenvalue weighted by atomic mass is 10.0. The van der Waals surface area contributed by atoms with E-state index in [9.17, 15) is 4.79 Å². The summed E-state index contributed by atoms with van der Waals surface area (Å²) in [5.74, 6) is -0.0328. The minimum atomic E-state index is -0.376. The number of hydrogen-bond acceptors (Lipinski definition) is 2. The summed E-state index contributed by atoms with van der Waals surface area (Å²) >= 11 is 0. The fourth-order valence-corrected chi connectivity index (χ4v) is 2.13. The van der Waals surface area contributed by atoms with Crippen molar-refractivity contribution in [2.75, 3.05) is 0 Å². The third-order valence-electron chi connectivity index (χ3n) is 3.38. The maximum absolute atomic E-state index is 11.9. The molecular formula is C16H26N2O. The highest BCUT2D eigenvalue weighted by Gasteiger charge is 2.15. The van der Waals surface area contributed by atoms with Crippen molar-refractivity contribution in [3.63, 3.8) is 0 Å². The third kappa shape index (κ3) is 5.43. The Morgan fingerprint density at radius 1 is 1.37 bits per heavy atom. The maximum atomic E-state index is 11.9. The van der Waals surface area contributed by atoms with E-state index in [1.165, 1.54) is 11.1 Å². The molecule has 1 amide bonds. The number of unbranched alkanes of at least 4 members (excludes halogenated alkanes) is 1. The van der Waals surface area contributed by atoms with Gasteiger partial charge in [-0.05, 0) is 37.8 Å². The van der Waals surface area contributed by atoms with Crippen LogP contribution in [-0.2, 0) is 11.2 Å². The van der Waals surface area contributed by atoms with E-state index in [4.69, 9.17) is 5.73 Å². The van der Waals surface area contributed by atoms with E-state index in [1.54, 1.807) is 0 Å². The highest BCUT2D eigenvalue weighted by atomic mass is 16.2. The summed E-state index contributed by atoms with van der Waals surface area (Å²) in [6.45, 7) is 6.22. The Balaban J connectivity index is 2.45. The molecule has 0 aliphatic carbocycles. The van der Waals surface area contributed by atoms with Crippen LogP contribution in [0.4, 0.5) is 0 Å². The molecule has 0 aliphatic heterocycles. The lowest BCUT2D eigenvalue weighted by Gasteiger charge is -2.18. The molecule has 0 aromatic heterocycles. The zero-order valence-electron chi connectivity index (χ0n) is 12.3. The van der Waals surface area contributed by atoms with E-state index in [0.717, 1.165) is 25.7 Å². The van der Waals surface area contributed by atoms with Crippen LogP contribution in [0.5, 0.6) is 0 Å². The van der Waals surface area contributed by atoms with Gasteiger partial charge in [-0.2, -0.15) is 0 Å². The van der Waals surface area contributed by atoms with Crippen LogP contribution in [-0.4, -0.2) is 18.0 Å². The Morgan fingerprint density at radius 3 is 2.68 bits per heavy atom. The first kappa shape index (κ1) is 15.7. The lowest BCUT2D eigenvalue weighted by Crippen LogP contribution is -2.45. The van der Waals surface area contributed by atoms with Crippen molar-refractivity contribution in [1.82, 2.24) is 5.32 Å². The van der Waals surface area contributed by atoms with Gasteiger partial charge in [-0.1, -0.05) is 44.0 Å². The predicted molar refractivity (Wildman–Crippen MR) is 80.0 cm³/mol. The molecular weight excluding hydrogens is 236 g/mol. The second-order valence-electron chi connectivity index (χ2n) is 5.29. The van der Waals surface area contributed by atoms with E-state index in [1.807, 2.05) is 19.1 Å². The van der Waals surface area contributed by atoms with Gasteiger partial charge in [0.05, 0.1) is 6.04 Å². The number of nitrogens with one attached hydrogen (secondary N) is 1. The van der Waals surface area contributed by atoms with Gasteiger partial charge < -0.3 is 11.1 Å². The van der Waals surface area contributed by atoms with Gasteiger partial charge in [0, 0.05) is 6.04 Å². The summed E-state index contributed by atoms with van der Waals surface area (Å²) in [4.78, 5) is 11.9. The molecule has 19 heavy (non-hydrogen) atoms. The number of carbonyl (C=O) groups excluding carboxylic acids is 1. The van der Waals surface area contributed by atoms with Gasteiger partial charge in [-0.25, -0.2) is 0 Å². The van der Waals surface area contributed by atoms with E-state index < -0.39 is 0 Å². The summed E-state index contributed by atoms with van der Waals surface area (Å²) in [5.41, 5.74) is 8.40. The van der Waals surface area contributed by atoms with Crippen molar-refractivity contribution < 1.29 is 4.79 Å². The van der Waals surface area contributed by atoms with Crippen LogP contribution in [0.1, 0.15) is 44.2 Å².